The molecule has 2 unspecified atom stereocenters. The smallest absolute Gasteiger partial charge is 0.320 e. The zero-order chi connectivity index (χ0) is 13.1. The lowest BCUT2D eigenvalue weighted by Crippen LogP contribution is -2.52. The maximum absolute atomic E-state index is 10.9. The van der Waals surface area contributed by atoms with Crippen molar-refractivity contribution in [1.29, 1.82) is 0 Å². The fourth-order valence-electron chi connectivity index (χ4n) is 2.27. The second-order valence-corrected chi connectivity index (χ2v) is 5.56. The van der Waals surface area contributed by atoms with Crippen molar-refractivity contribution in [1.82, 2.24) is 14.8 Å². The van der Waals surface area contributed by atoms with Crippen LogP contribution in [0.1, 0.15) is 24.9 Å². The summed E-state index contributed by atoms with van der Waals surface area (Å²) in [4.78, 5) is 19.7. The topological polar surface area (TPSA) is 56.7 Å². The molecule has 5 nitrogen and oxygen atoms in total. The molecule has 100 valence electrons. The fraction of sp³-hybridized carbons (Fsp3) is 0.667. The molecule has 1 aromatic heterocycles. The summed E-state index contributed by atoms with van der Waals surface area (Å²) < 4.78 is 0. The number of aromatic nitrogens is 1. The van der Waals surface area contributed by atoms with Crippen LogP contribution in [-0.2, 0) is 4.79 Å². The number of carbonyl (C=O) groups is 1. The van der Waals surface area contributed by atoms with Crippen LogP contribution in [0, 0.1) is 0 Å². The molecule has 0 bridgehead atoms. The summed E-state index contributed by atoms with van der Waals surface area (Å²) in [6.45, 7) is 7.33. The Bertz CT molecular complexity index is 388. The number of thiazole rings is 1. The third-order valence-corrected chi connectivity index (χ3v) is 4.56. The molecular formula is C12H19N3O2S. The van der Waals surface area contributed by atoms with Gasteiger partial charge >= 0.3 is 5.97 Å². The predicted molar refractivity (Wildman–Crippen MR) is 70.8 cm³/mol. The van der Waals surface area contributed by atoms with Gasteiger partial charge in [-0.15, -0.1) is 11.3 Å². The Morgan fingerprint density at radius 3 is 2.44 bits per heavy atom. The van der Waals surface area contributed by atoms with Crippen molar-refractivity contribution >= 4 is 17.3 Å². The van der Waals surface area contributed by atoms with Crippen molar-refractivity contribution in [3.63, 3.8) is 0 Å². The van der Waals surface area contributed by atoms with Gasteiger partial charge in [-0.25, -0.2) is 4.98 Å². The highest BCUT2D eigenvalue weighted by Crippen LogP contribution is 2.23. The van der Waals surface area contributed by atoms with Gasteiger partial charge in [0.2, 0.25) is 0 Å². The molecule has 0 radical (unpaired) electrons. The SMILES string of the molecule is CC(C(=O)O)N1CCN(C(C)c2nccs2)CC1. The summed E-state index contributed by atoms with van der Waals surface area (Å²) >= 11 is 1.68. The van der Waals surface area contributed by atoms with Gasteiger partial charge in [-0.2, -0.15) is 0 Å². The highest BCUT2D eigenvalue weighted by Gasteiger charge is 2.28. The monoisotopic (exact) mass is 269 g/mol. The molecule has 18 heavy (non-hydrogen) atoms. The van der Waals surface area contributed by atoms with Gasteiger partial charge in [-0.3, -0.25) is 14.6 Å². The van der Waals surface area contributed by atoms with Crippen LogP contribution in [0.5, 0.6) is 0 Å². The molecular weight excluding hydrogens is 250 g/mol. The van der Waals surface area contributed by atoms with E-state index in [1.54, 1.807) is 18.3 Å². The lowest BCUT2D eigenvalue weighted by Gasteiger charge is -2.38. The number of nitrogens with zero attached hydrogens (tertiary/aromatic N) is 3. The second kappa shape index (κ2) is 5.77. The first-order valence-corrected chi connectivity index (χ1v) is 7.08. The van der Waals surface area contributed by atoms with Crippen molar-refractivity contribution in [2.75, 3.05) is 26.2 Å². The lowest BCUT2D eigenvalue weighted by molar-refractivity contribution is -0.143. The number of hydrogen-bond donors (Lipinski definition) is 1. The zero-order valence-electron chi connectivity index (χ0n) is 10.7. The van der Waals surface area contributed by atoms with Crippen molar-refractivity contribution in [2.24, 2.45) is 0 Å². The molecule has 2 heterocycles. The molecule has 1 aliphatic rings. The van der Waals surface area contributed by atoms with E-state index in [0.717, 1.165) is 31.2 Å². The highest BCUT2D eigenvalue weighted by atomic mass is 32.1. The van der Waals surface area contributed by atoms with E-state index < -0.39 is 5.97 Å². The molecule has 2 atom stereocenters. The Morgan fingerprint density at radius 1 is 1.33 bits per heavy atom. The molecule has 1 aliphatic heterocycles. The average molecular weight is 269 g/mol. The van der Waals surface area contributed by atoms with E-state index in [2.05, 4.69) is 16.8 Å². The summed E-state index contributed by atoms with van der Waals surface area (Å²) in [5, 5.41) is 12.1. The highest BCUT2D eigenvalue weighted by molar-refractivity contribution is 7.09. The lowest BCUT2D eigenvalue weighted by atomic mass is 10.2. The predicted octanol–water partition coefficient (Wildman–Crippen LogP) is 1.29. The number of hydrogen-bond acceptors (Lipinski definition) is 5. The molecule has 0 aromatic carbocycles. The molecule has 1 aromatic rings. The van der Waals surface area contributed by atoms with Gasteiger partial charge in [-0.1, -0.05) is 0 Å². The first-order valence-electron chi connectivity index (χ1n) is 6.20. The summed E-state index contributed by atoms with van der Waals surface area (Å²) in [6, 6.07) is -0.0606. The molecule has 0 spiro atoms. The molecule has 1 saturated heterocycles. The van der Waals surface area contributed by atoms with Crippen molar-refractivity contribution in [2.45, 2.75) is 25.9 Å². The Balaban J connectivity index is 1.89. The van der Waals surface area contributed by atoms with E-state index in [9.17, 15) is 4.79 Å². The third kappa shape index (κ3) is 2.88. The van der Waals surface area contributed by atoms with Gasteiger partial charge in [0.15, 0.2) is 0 Å². The molecule has 6 heteroatoms. The van der Waals surface area contributed by atoms with Gasteiger partial charge in [-0.05, 0) is 13.8 Å². The van der Waals surface area contributed by atoms with Crippen LogP contribution in [0.25, 0.3) is 0 Å². The second-order valence-electron chi connectivity index (χ2n) is 4.63. The van der Waals surface area contributed by atoms with Crippen molar-refractivity contribution in [3.8, 4) is 0 Å². The van der Waals surface area contributed by atoms with Crippen LogP contribution in [0.15, 0.2) is 11.6 Å². The number of aliphatic carboxylic acids is 1. The van der Waals surface area contributed by atoms with Gasteiger partial charge in [0.1, 0.15) is 11.0 Å². The molecule has 0 aliphatic carbocycles. The van der Waals surface area contributed by atoms with E-state index in [1.807, 2.05) is 16.5 Å². The average Bonchev–Trinajstić information content (AvgIpc) is 2.91. The maximum atomic E-state index is 10.9. The first-order chi connectivity index (χ1) is 8.59. The Kier molecular flexibility index (Phi) is 4.31. The Hall–Kier alpha value is -0.980. The van der Waals surface area contributed by atoms with Crippen LogP contribution < -0.4 is 0 Å². The van der Waals surface area contributed by atoms with Gasteiger partial charge in [0, 0.05) is 37.8 Å². The van der Waals surface area contributed by atoms with Gasteiger partial charge < -0.3 is 5.11 Å². The van der Waals surface area contributed by atoms with Crippen molar-refractivity contribution in [3.05, 3.63) is 16.6 Å². The first kappa shape index (κ1) is 13.5. The third-order valence-electron chi connectivity index (χ3n) is 3.61. The molecule has 0 saturated carbocycles. The summed E-state index contributed by atoms with van der Waals surface area (Å²) in [5.41, 5.74) is 0. The Morgan fingerprint density at radius 2 is 1.94 bits per heavy atom. The quantitative estimate of drug-likeness (QED) is 0.892. The minimum absolute atomic E-state index is 0.326. The van der Waals surface area contributed by atoms with Gasteiger partial charge in [0.05, 0.1) is 6.04 Å². The van der Waals surface area contributed by atoms with Crippen LogP contribution >= 0.6 is 11.3 Å². The molecule has 0 amide bonds. The minimum Gasteiger partial charge on any atom is -0.480 e. The molecule has 2 rings (SSSR count). The van der Waals surface area contributed by atoms with Crippen LogP contribution in [-0.4, -0.2) is 58.1 Å². The standard InChI is InChI=1S/C12H19N3O2S/c1-9(11-13-3-8-18-11)14-4-6-15(7-5-14)10(2)12(16)17/h3,8-10H,4-7H2,1-2H3,(H,16,17). The minimum atomic E-state index is -0.739. The largest absolute Gasteiger partial charge is 0.480 e. The summed E-state index contributed by atoms with van der Waals surface area (Å²) in [6.07, 6.45) is 1.83. The molecule has 1 fully saturated rings. The van der Waals surface area contributed by atoms with Crippen LogP contribution in [0.2, 0.25) is 0 Å². The number of carboxylic acids is 1. The Labute approximate surface area is 111 Å². The summed E-state index contributed by atoms with van der Waals surface area (Å²) in [7, 11) is 0. The number of piperazine rings is 1. The van der Waals surface area contributed by atoms with Gasteiger partial charge in [0.25, 0.3) is 0 Å². The van der Waals surface area contributed by atoms with Crippen LogP contribution in [0.3, 0.4) is 0 Å². The zero-order valence-corrected chi connectivity index (χ0v) is 11.6. The van der Waals surface area contributed by atoms with Crippen molar-refractivity contribution < 1.29 is 9.90 Å². The van der Waals surface area contributed by atoms with E-state index >= 15 is 0 Å². The van der Waals surface area contributed by atoms with E-state index in [-0.39, 0.29) is 6.04 Å². The maximum Gasteiger partial charge on any atom is 0.320 e. The fourth-order valence-corrected chi connectivity index (χ4v) is 2.99. The molecule has 1 N–H and O–H groups in total. The van der Waals surface area contributed by atoms with E-state index in [4.69, 9.17) is 5.11 Å². The van der Waals surface area contributed by atoms with E-state index in [1.165, 1.54) is 0 Å². The summed E-state index contributed by atoms with van der Waals surface area (Å²) in [5.74, 6) is -0.739. The number of rotatable bonds is 4. The normalized spacial score (nSPS) is 21.7. The van der Waals surface area contributed by atoms with Crippen LogP contribution in [0.4, 0.5) is 0 Å². The number of carboxylic acid groups (broad SMARTS) is 1. The van der Waals surface area contributed by atoms with E-state index in [0.29, 0.717) is 6.04 Å².